The summed E-state index contributed by atoms with van der Waals surface area (Å²) in [6.45, 7) is 6.33. The molecular formula is C39H41ClF2N6O3. The number of carbonyl (C=O) groups excluding carboxylic acids is 1. The van der Waals surface area contributed by atoms with Crippen molar-refractivity contribution in [2.75, 3.05) is 37.7 Å². The molecule has 9 nitrogen and oxygen atoms in total. The van der Waals surface area contributed by atoms with E-state index >= 15 is 4.39 Å². The number of benzene rings is 3. The summed E-state index contributed by atoms with van der Waals surface area (Å²) in [4.78, 5) is 27.1. The predicted octanol–water partition coefficient (Wildman–Crippen LogP) is 7.92. The Labute approximate surface area is 300 Å². The van der Waals surface area contributed by atoms with Crippen LogP contribution < -0.4 is 9.64 Å². The first kappa shape index (κ1) is 33.8. The molecule has 0 spiro atoms. The van der Waals surface area contributed by atoms with E-state index in [9.17, 15) is 14.3 Å². The van der Waals surface area contributed by atoms with E-state index in [1.54, 1.807) is 24.4 Å². The van der Waals surface area contributed by atoms with Gasteiger partial charge in [-0.15, -0.1) is 0 Å². The van der Waals surface area contributed by atoms with Crippen molar-refractivity contribution in [3.05, 3.63) is 70.8 Å². The molecule has 0 amide bonds. The number of aromatic hydroxyl groups is 1. The van der Waals surface area contributed by atoms with Crippen LogP contribution in [-0.4, -0.2) is 80.2 Å². The van der Waals surface area contributed by atoms with Crippen molar-refractivity contribution in [2.45, 2.75) is 70.5 Å². The lowest BCUT2D eigenvalue weighted by Crippen LogP contribution is -2.43. The first-order valence-electron chi connectivity index (χ1n) is 17.9. The van der Waals surface area contributed by atoms with Crippen molar-refractivity contribution in [1.29, 1.82) is 0 Å². The van der Waals surface area contributed by atoms with Crippen molar-refractivity contribution in [3.63, 3.8) is 0 Å². The zero-order valence-electron chi connectivity index (χ0n) is 28.8. The molecule has 51 heavy (non-hydrogen) atoms. The third-order valence-corrected chi connectivity index (χ3v) is 11.4. The third-order valence-electron chi connectivity index (χ3n) is 11.1. The molecular weight excluding hydrogens is 674 g/mol. The molecule has 1 unspecified atom stereocenters. The van der Waals surface area contributed by atoms with Crippen molar-refractivity contribution < 1.29 is 23.4 Å². The molecule has 3 aromatic carbocycles. The maximum Gasteiger partial charge on any atom is 0.319 e. The van der Waals surface area contributed by atoms with E-state index in [1.165, 1.54) is 4.68 Å². The second-order valence-corrected chi connectivity index (χ2v) is 14.8. The lowest BCUT2D eigenvalue weighted by molar-refractivity contribution is 0.0806. The van der Waals surface area contributed by atoms with E-state index in [2.05, 4.69) is 19.9 Å². The summed E-state index contributed by atoms with van der Waals surface area (Å²) in [6.07, 6.45) is 5.52. The highest BCUT2D eigenvalue weighted by atomic mass is 35.5. The Morgan fingerprint density at radius 1 is 1.12 bits per heavy atom. The molecule has 8 rings (SSSR count). The molecule has 2 aromatic heterocycles. The summed E-state index contributed by atoms with van der Waals surface area (Å²) in [5, 5.41) is 16.9. The van der Waals surface area contributed by atoms with Crippen molar-refractivity contribution in [2.24, 2.45) is 5.92 Å². The number of nitrogens with zero attached hydrogens (tertiary/aromatic N) is 6. The Hall–Kier alpha value is -4.35. The highest BCUT2D eigenvalue weighted by molar-refractivity contribution is 6.35. The maximum atomic E-state index is 17.2. The summed E-state index contributed by atoms with van der Waals surface area (Å²) in [6, 6.07) is 12.5. The fourth-order valence-electron chi connectivity index (χ4n) is 8.63. The molecule has 3 fully saturated rings. The van der Waals surface area contributed by atoms with E-state index in [4.69, 9.17) is 21.3 Å². The predicted molar refractivity (Wildman–Crippen MR) is 194 cm³/mol. The number of ether oxygens (including phenoxy) is 1. The van der Waals surface area contributed by atoms with Gasteiger partial charge in [-0.3, -0.25) is 9.69 Å². The summed E-state index contributed by atoms with van der Waals surface area (Å²) in [7, 11) is 0. The second kappa shape index (κ2) is 13.3. The van der Waals surface area contributed by atoms with Crippen molar-refractivity contribution in [1.82, 2.24) is 24.6 Å². The van der Waals surface area contributed by atoms with Crippen LogP contribution in [0.15, 0.2) is 48.7 Å². The molecule has 3 saturated heterocycles. The topological polar surface area (TPSA) is 96.6 Å². The second-order valence-electron chi connectivity index (χ2n) is 14.4. The van der Waals surface area contributed by atoms with Gasteiger partial charge in [-0.05, 0) is 98.2 Å². The average molecular weight is 715 g/mol. The SMILES string of the molecule is CCc1cc(O)cc2cccc(-c3c(Cl)cc4c(N5CCCC(C(=O)n6ccc(C)n6)CC5)nc(OC[C@@]56CCCN5C[C@H](F)C6)nc4c3F)c12. The van der Waals surface area contributed by atoms with Gasteiger partial charge in [-0.2, -0.15) is 15.1 Å². The van der Waals surface area contributed by atoms with Gasteiger partial charge in [0, 0.05) is 49.1 Å². The summed E-state index contributed by atoms with van der Waals surface area (Å²) in [5.74, 6) is -0.247. The van der Waals surface area contributed by atoms with Crippen LogP contribution in [0.4, 0.5) is 14.6 Å². The smallest absolute Gasteiger partial charge is 0.319 e. The van der Waals surface area contributed by atoms with Crippen LogP contribution in [0.5, 0.6) is 11.8 Å². The van der Waals surface area contributed by atoms with Crippen LogP contribution in [0, 0.1) is 18.7 Å². The zero-order chi connectivity index (χ0) is 35.4. The zero-order valence-corrected chi connectivity index (χ0v) is 29.6. The van der Waals surface area contributed by atoms with Gasteiger partial charge < -0.3 is 14.7 Å². The number of rotatable bonds is 7. The standard InChI is InChI=1S/C39H41ClF2N6O3/c1-3-24-17-28(49)18-26-7-4-9-29(32(24)26)33-31(40)19-30-35(34(33)42)43-38(51-22-39-12-6-14-47(39)21-27(41)20-39)44-36(30)46-13-5-8-25(11-15-46)37(50)48-16-10-23(2)45-48/h4,7,9-10,16-19,25,27,49H,3,5-6,8,11-15,20-22H2,1-2H3/t25?,27-,39+/m1/s1. The minimum Gasteiger partial charge on any atom is -0.508 e. The van der Waals surface area contributed by atoms with Gasteiger partial charge in [0.1, 0.15) is 29.9 Å². The number of phenolic OH excluding ortho intramolecular Hbond substituents is 1. The van der Waals surface area contributed by atoms with Gasteiger partial charge in [0.05, 0.1) is 16.3 Å². The molecule has 12 heteroatoms. The molecule has 0 bridgehead atoms. The number of aromatic nitrogens is 4. The van der Waals surface area contributed by atoms with Crippen LogP contribution in [0.25, 0.3) is 32.8 Å². The number of halogens is 3. The maximum absolute atomic E-state index is 17.2. The van der Waals surface area contributed by atoms with Gasteiger partial charge in [-0.25, -0.2) is 13.5 Å². The number of hydrogen-bond acceptors (Lipinski definition) is 8. The first-order chi connectivity index (χ1) is 24.6. The van der Waals surface area contributed by atoms with Gasteiger partial charge in [-0.1, -0.05) is 36.7 Å². The van der Waals surface area contributed by atoms with Gasteiger partial charge in [0.2, 0.25) is 5.91 Å². The Morgan fingerprint density at radius 2 is 1.98 bits per heavy atom. The van der Waals surface area contributed by atoms with Crippen molar-refractivity contribution in [3.8, 4) is 22.9 Å². The lowest BCUT2D eigenvalue weighted by atomic mass is 9.92. The average Bonchev–Trinajstić information content (AvgIpc) is 3.73. The largest absolute Gasteiger partial charge is 0.508 e. The van der Waals surface area contributed by atoms with Gasteiger partial charge in [0.15, 0.2) is 5.82 Å². The summed E-state index contributed by atoms with van der Waals surface area (Å²) < 4.78 is 39.6. The fourth-order valence-corrected chi connectivity index (χ4v) is 8.92. The molecule has 1 N–H and O–H groups in total. The van der Waals surface area contributed by atoms with E-state index in [1.807, 2.05) is 38.1 Å². The number of anilines is 1. The summed E-state index contributed by atoms with van der Waals surface area (Å²) in [5.41, 5.74) is 2.09. The monoisotopic (exact) mass is 714 g/mol. The van der Waals surface area contributed by atoms with E-state index < -0.39 is 17.5 Å². The Kier molecular flexibility index (Phi) is 8.82. The first-order valence-corrected chi connectivity index (χ1v) is 18.3. The van der Waals surface area contributed by atoms with Crippen molar-refractivity contribution >= 4 is 45.0 Å². The molecule has 0 aliphatic carbocycles. The van der Waals surface area contributed by atoms with Crippen LogP contribution >= 0.6 is 11.6 Å². The molecule has 0 radical (unpaired) electrons. The normalized spacial score (nSPS) is 22.5. The van der Waals surface area contributed by atoms with E-state index in [-0.39, 0.29) is 46.3 Å². The molecule has 266 valence electrons. The minimum atomic E-state index is -0.918. The van der Waals surface area contributed by atoms with Gasteiger partial charge in [0.25, 0.3) is 0 Å². The molecule has 5 aromatic rings. The Morgan fingerprint density at radius 3 is 2.78 bits per heavy atom. The highest BCUT2D eigenvalue weighted by Crippen LogP contribution is 2.44. The lowest BCUT2D eigenvalue weighted by Gasteiger charge is -2.31. The number of aryl methyl sites for hydroxylation is 2. The van der Waals surface area contributed by atoms with E-state index in [0.717, 1.165) is 41.4 Å². The Bertz CT molecular complexity index is 2160. The summed E-state index contributed by atoms with van der Waals surface area (Å²) >= 11 is 7.02. The minimum absolute atomic E-state index is 0.0224. The van der Waals surface area contributed by atoms with Crippen LogP contribution in [-0.2, 0) is 6.42 Å². The van der Waals surface area contributed by atoms with Crippen LogP contribution in [0.2, 0.25) is 5.02 Å². The molecule has 3 atom stereocenters. The number of hydrogen-bond donors (Lipinski definition) is 1. The highest BCUT2D eigenvalue weighted by Gasteiger charge is 2.49. The van der Waals surface area contributed by atoms with E-state index in [0.29, 0.717) is 68.5 Å². The van der Waals surface area contributed by atoms with Crippen LogP contribution in [0.1, 0.15) is 61.5 Å². The third kappa shape index (κ3) is 6.08. The number of fused-ring (bicyclic) bond motifs is 3. The molecule has 3 aliphatic rings. The van der Waals surface area contributed by atoms with Gasteiger partial charge >= 0.3 is 6.01 Å². The van der Waals surface area contributed by atoms with Crippen LogP contribution in [0.3, 0.4) is 0 Å². The Balaban J connectivity index is 1.22. The number of alkyl halides is 1. The number of phenols is 1. The fraction of sp³-hybridized carbons (Fsp3) is 0.436. The molecule has 3 aliphatic heterocycles. The quantitative estimate of drug-likeness (QED) is 0.182. The molecule has 0 saturated carbocycles. The number of carbonyl (C=O) groups is 1. The molecule has 5 heterocycles.